The maximum Gasteiger partial charge on any atom is 0.244 e. The molecule has 0 N–H and O–H groups in total. The van der Waals surface area contributed by atoms with Crippen LogP contribution in [0, 0.1) is 6.92 Å². The van der Waals surface area contributed by atoms with E-state index in [1.807, 2.05) is 6.92 Å². The highest BCUT2D eigenvalue weighted by Gasteiger charge is 2.29. The zero-order valence-electron chi connectivity index (χ0n) is 12.0. The smallest absolute Gasteiger partial charge is 0.244 e. The second kappa shape index (κ2) is 7.02. The number of rotatable bonds is 6. The van der Waals surface area contributed by atoms with Crippen LogP contribution in [-0.2, 0) is 14.8 Å². The van der Waals surface area contributed by atoms with Crippen LogP contribution in [0.25, 0.3) is 0 Å². The summed E-state index contributed by atoms with van der Waals surface area (Å²) in [5, 5.41) is 0. The minimum atomic E-state index is -3.64. The fourth-order valence-corrected chi connectivity index (χ4v) is 5.52. The number of amides is 1. The monoisotopic (exact) mass is 382 g/mol. The molecule has 1 heterocycles. The van der Waals surface area contributed by atoms with Gasteiger partial charge in [-0.05, 0) is 35.3 Å². The Morgan fingerprint density at radius 3 is 2.40 bits per heavy atom. The van der Waals surface area contributed by atoms with E-state index < -0.39 is 10.0 Å². The van der Waals surface area contributed by atoms with Gasteiger partial charge in [0.15, 0.2) is 0 Å². The van der Waals surface area contributed by atoms with Crippen molar-refractivity contribution in [1.82, 2.24) is 9.21 Å². The molecule has 1 rings (SSSR count). The van der Waals surface area contributed by atoms with Gasteiger partial charge in [0.1, 0.15) is 0 Å². The zero-order chi connectivity index (χ0) is 15.5. The maximum atomic E-state index is 12.7. The quantitative estimate of drug-likeness (QED) is 0.758. The number of thiophene rings is 1. The van der Waals surface area contributed by atoms with Crippen molar-refractivity contribution in [2.45, 2.75) is 25.2 Å². The van der Waals surface area contributed by atoms with E-state index in [2.05, 4.69) is 15.9 Å². The molecule has 1 amide bonds. The Hall–Kier alpha value is -0.440. The second-order valence-corrected chi connectivity index (χ2v) is 9.14. The van der Waals surface area contributed by atoms with Crippen molar-refractivity contribution >= 4 is 43.2 Å². The average molecular weight is 383 g/mol. The lowest BCUT2D eigenvalue weighted by molar-refractivity contribution is -0.128. The SMILES string of the molecule is CCCN(CC(=O)N(C)C)S(=O)(=O)c1cc(Br)sc1C. The van der Waals surface area contributed by atoms with Crippen LogP contribution in [0.2, 0.25) is 0 Å². The average Bonchev–Trinajstić information content (AvgIpc) is 2.68. The van der Waals surface area contributed by atoms with E-state index >= 15 is 0 Å². The van der Waals surface area contributed by atoms with Crippen LogP contribution in [0.4, 0.5) is 0 Å². The number of carbonyl (C=O) groups excluding carboxylic acids is 1. The van der Waals surface area contributed by atoms with Crippen molar-refractivity contribution in [2.75, 3.05) is 27.2 Å². The lowest BCUT2D eigenvalue weighted by Crippen LogP contribution is -2.40. The molecule has 8 heteroatoms. The molecule has 0 aliphatic rings. The van der Waals surface area contributed by atoms with Crippen molar-refractivity contribution in [3.05, 3.63) is 14.7 Å². The molecule has 5 nitrogen and oxygen atoms in total. The molecule has 0 saturated heterocycles. The Bertz CT molecular complexity index is 582. The first-order valence-electron chi connectivity index (χ1n) is 6.16. The summed E-state index contributed by atoms with van der Waals surface area (Å²) >= 11 is 4.67. The highest BCUT2D eigenvalue weighted by atomic mass is 79.9. The van der Waals surface area contributed by atoms with E-state index in [0.29, 0.717) is 13.0 Å². The van der Waals surface area contributed by atoms with Gasteiger partial charge < -0.3 is 4.90 Å². The standard InChI is InChI=1S/C12H19BrN2O3S2/c1-5-6-15(8-12(16)14(3)4)20(17,18)10-7-11(13)19-9(10)2/h7H,5-6,8H2,1-4H3. The third kappa shape index (κ3) is 4.03. The van der Waals surface area contributed by atoms with Crippen LogP contribution in [0.3, 0.4) is 0 Å². The molecule has 0 atom stereocenters. The van der Waals surface area contributed by atoms with Crippen LogP contribution in [0.5, 0.6) is 0 Å². The Labute approximate surface area is 132 Å². The summed E-state index contributed by atoms with van der Waals surface area (Å²) in [7, 11) is -0.402. The topological polar surface area (TPSA) is 57.7 Å². The van der Waals surface area contributed by atoms with Gasteiger partial charge in [-0.25, -0.2) is 8.42 Å². The van der Waals surface area contributed by atoms with Gasteiger partial charge in [-0.3, -0.25) is 4.79 Å². The molecule has 1 aromatic heterocycles. The summed E-state index contributed by atoms with van der Waals surface area (Å²) < 4.78 is 27.3. The second-order valence-electron chi connectivity index (χ2n) is 4.60. The molecule has 0 saturated carbocycles. The van der Waals surface area contributed by atoms with Crippen LogP contribution in [-0.4, -0.2) is 50.7 Å². The summed E-state index contributed by atoms with van der Waals surface area (Å²) in [6.07, 6.45) is 0.657. The maximum absolute atomic E-state index is 12.7. The highest BCUT2D eigenvalue weighted by molar-refractivity contribution is 9.11. The first-order valence-corrected chi connectivity index (χ1v) is 9.21. The van der Waals surface area contributed by atoms with Gasteiger partial charge in [0.05, 0.1) is 15.2 Å². The first kappa shape index (κ1) is 17.6. The number of halogens is 1. The molecule has 0 spiro atoms. The van der Waals surface area contributed by atoms with Gasteiger partial charge in [0.25, 0.3) is 0 Å². The van der Waals surface area contributed by atoms with Gasteiger partial charge in [0.2, 0.25) is 15.9 Å². The van der Waals surface area contributed by atoms with Gasteiger partial charge in [-0.1, -0.05) is 6.92 Å². The molecule has 0 fully saturated rings. The summed E-state index contributed by atoms with van der Waals surface area (Å²) in [6.45, 7) is 3.85. The van der Waals surface area contributed by atoms with E-state index in [9.17, 15) is 13.2 Å². The van der Waals surface area contributed by atoms with E-state index in [1.54, 1.807) is 27.1 Å². The van der Waals surface area contributed by atoms with Gasteiger partial charge in [0, 0.05) is 25.5 Å². The van der Waals surface area contributed by atoms with Crippen LogP contribution in [0.15, 0.2) is 14.7 Å². The highest BCUT2D eigenvalue weighted by Crippen LogP contribution is 2.31. The molecule has 0 aliphatic heterocycles. The van der Waals surface area contributed by atoms with Crippen molar-refractivity contribution < 1.29 is 13.2 Å². The molecule has 1 aromatic rings. The van der Waals surface area contributed by atoms with E-state index in [-0.39, 0.29) is 17.3 Å². The third-order valence-corrected chi connectivity index (χ3v) is 6.40. The van der Waals surface area contributed by atoms with Crippen LogP contribution in [0.1, 0.15) is 18.2 Å². The molecule has 0 unspecified atom stereocenters. The lowest BCUT2D eigenvalue weighted by atomic mass is 10.4. The normalized spacial score (nSPS) is 11.9. The van der Waals surface area contributed by atoms with Crippen molar-refractivity contribution in [3.8, 4) is 0 Å². The Morgan fingerprint density at radius 1 is 1.40 bits per heavy atom. The number of likely N-dealkylation sites (N-methyl/N-ethyl adjacent to an activating group) is 1. The van der Waals surface area contributed by atoms with Crippen LogP contribution < -0.4 is 0 Å². The fraction of sp³-hybridized carbons (Fsp3) is 0.583. The largest absolute Gasteiger partial charge is 0.348 e. The van der Waals surface area contributed by atoms with E-state index in [0.717, 1.165) is 8.66 Å². The summed E-state index contributed by atoms with van der Waals surface area (Å²) in [6, 6.07) is 1.60. The van der Waals surface area contributed by atoms with Crippen molar-refractivity contribution in [1.29, 1.82) is 0 Å². The first-order chi connectivity index (χ1) is 9.20. The van der Waals surface area contributed by atoms with E-state index in [4.69, 9.17) is 0 Å². The summed E-state index contributed by atoms with van der Waals surface area (Å²) in [5.41, 5.74) is 0. The van der Waals surface area contributed by atoms with Crippen molar-refractivity contribution in [3.63, 3.8) is 0 Å². The zero-order valence-corrected chi connectivity index (χ0v) is 15.2. The number of carbonyl (C=O) groups is 1. The number of nitrogens with zero attached hydrogens (tertiary/aromatic N) is 2. The Morgan fingerprint density at radius 2 is 2.00 bits per heavy atom. The van der Waals surface area contributed by atoms with Crippen molar-refractivity contribution in [2.24, 2.45) is 0 Å². The molecule has 20 heavy (non-hydrogen) atoms. The molecular formula is C12H19BrN2O3S2. The molecule has 114 valence electrons. The number of hydrogen-bond donors (Lipinski definition) is 0. The fourth-order valence-electron chi connectivity index (χ4n) is 1.65. The third-order valence-electron chi connectivity index (χ3n) is 2.74. The molecule has 0 aromatic carbocycles. The summed E-state index contributed by atoms with van der Waals surface area (Å²) in [4.78, 5) is 14.2. The molecule has 0 aliphatic carbocycles. The minimum absolute atomic E-state index is 0.129. The summed E-state index contributed by atoms with van der Waals surface area (Å²) in [5.74, 6) is -0.228. The van der Waals surface area contributed by atoms with Crippen LogP contribution >= 0.6 is 27.3 Å². The van der Waals surface area contributed by atoms with E-state index in [1.165, 1.54) is 20.5 Å². The molecule has 0 radical (unpaired) electrons. The molecular weight excluding hydrogens is 364 g/mol. The lowest BCUT2D eigenvalue weighted by Gasteiger charge is -2.22. The predicted octanol–water partition coefficient (Wildman–Crippen LogP) is 2.31. The number of sulfonamides is 1. The number of hydrogen-bond acceptors (Lipinski definition) is 4. The Kier molecular flexibility index (Phi) is 6.18. The molecule has 0 bridgehead atoms. The van der Waals surface area contributed by atoms with Gasteiger partial charge in [-0.2, -0.15) is 4.31 Å². The predicted molar refractivity (Wildman–Crippen MR) is 84.5 cm³/mol. The Balaban J connectivity index is 3.12. The minimum Gasteiger partial charge on any atom is -0.348 e. The van der Waals surface area contributed by atoms with Gasteiger partial charge >= 0.3 is 0 Å². The van der Waals surface area contributed by atoms with Gasteiger partial charge in [-0.15, -0.1) is 11.3 Å². The number of aryl methyl sites for hydroxylation is 1.